The maximum Gasteiger partial charge on any atom is 0.0357 e. The lowest BCUT2D eigenvalue weighted by molar-refractivity contribution is 0.0687. The van der Waals surface area contributed by atoms with Crippen LogP contribution in [-0.4, -0.2) is 30.6 Å². The molecular weight excluding hydrogens is 172 g/mol. The molecule has 0 aromatic rings. The molecule has 0 aromatic carbocycles. The fraction of sp³-hybridized carbons (Fsp3) is 1.00. The van der Waals surface area contributed by atoms with Gasteiger partial charge in [-0.1, -0.05) is 19.3 Å². The molecule has 2 heteroatoms. The van der Waals surface area contributed by atoms with Crippen molar-refractivity contribution in [1.82, 2.24) is 4.90 Å². The minimum Gasteiger partial charge on any atom is -0.326 e. The summed E-state index contributed by atoms with van der Waals surface area (Å²) < 4.78 is 0. The first-order chi connectivity index (χ1) is 6.67. The molecule has 0 aliphatic heterocycles. The smallest absolute Gasteiger partial charge is 0.0357 e. The molecule has 0 amide bonds. The Hall–Kier alpha value is -0.0800. The SMILES string of the molecule is CN(C)C1(C(N)C2CCC2)CCCC1. The Kier molecular flexibility index (Phi) is 2.85. The third kappa shape index (κ3) is 1.49. The van der Waals surface area contributed by atoms with Crippen LogP contribution >= 0.6 is 0 Å². The third-order valence-corrected chi connectivity index (χ3v) is 4.64. The average Bonchev–Trinajstić information content (AvgIpc) is 2.49. The van der Waals surface area contributed by atoms with E-state index in [-0.39, 0.29) is 0 Å². The Morgan fingerprint density at radius 2 is 1.71 bits per heavy atom. The molecule has 82 valence electrons. The predicted octanol–water partition coefficient (Wildman–Crippen LogP) is 1.99. The maximum atomic E-state index is 6.48. The van der Waals surface area contributed by atoms with Gasteiger partial charge in [0.25, 0.3) is 0 Å². The van der Waals surface area contributed by atoms with Crippen LogP contribution in [0.5, 0.6) is 0 Å². The highest BCUT2D eigenvalue weighted by Gasteiger charge is 2.45. The molecule has 2 saturated carbocycles. The molecule has 0 bridgehead atoms. The standard InChI is InChI=1S/C12H24N2/c1-14(2)12(8-3-4-9-12)11(13)10-6-5-7-10/h10-11H,3-9,13H2,1-2H3. The summed E-state index contributed by atoms with van der Waals surface area (Å²) in [6, 6.07) is 0.425. The molecule has 2 fully saturated rings. The summed E-state index contributed by atoms with van der Waals surface area (Å²) in [7, 11) is 4.42. The van der Waals surface area contributed by atoms with Gasteiger partial charge in [-0.2, -0.15) is 0 Å². The zero-order valence-electron chi connectivity index (χ0n) is 9.63. The minimum atomic E-state index is 0.338. The molecule has 2 rings (SSSR count). The lowest BCUT2D eigenvalue weighted by atomic mass is 9.71. The van der Waals surface area contributed by atoms with Gasteiger partial charge in [0, 0.05) is 11.6 Å². The van der Waals surface area contributed by atoms with E-state index in [9.17, 15) is 0 Å². The molecule has 2 aliphatic rings. The summed E-state index contributed by atoms with van der Waals surface area (Å²) in [4.78, 5) is 2.41. The Labute approximate surface area is 87.8 Å². The molecular formula is C12H24N2. The van der Waals surface area contributed by atoms with Gasteiger partial charge in [-0.15, -0.1) is 0 Å². The maximum absolute atomic E-state index is 6.48. The summed E-state index contributed by atoms with van der Waals surface area (Å²) >= 11 is 0. The minimum absolute atomic E-state index is 0.338. The number of likely N-dealkylation sites (N-methyl/N-ethyl adjacent to an activating group) is 1. The van der Waals surface area contributed by atoms with Crippen molar-refractivity contribution in [2.75, 3.05) is 14.1 Å². The van der Waals surface area contributed by atoms with E-state index in [2.05, 4.69) is 19.0 Å². The van der Waals surface area contributed by atoms with Gasteiger partial charge in [0.05, 0.1) is 0 Å². The van der Waals surface area contributed by atoms with E-state index in [0.717, 1.165) is 5.92 Å². The quantitative estimate of drug-likeness (QED) is 0.748. The average molecular weight is 196 g/mol. The molecule has 14 heavy (non-hydrogen) atoms. The lowest BCUT2D eigenvalue weighted by Gasteiger charge is -2.47. The lowest BCUT2D eigenvalue weighted by Crippen LogP contribution is -2.59. The molecule has 0 heterocycles. The fourth-order valence-corrected chi connectivity index (χ4v) is 3.30. The highest BCUT2D eigenvalue weighted by atomic mass is 15.2. The van der Waals surface area contributed by atoms with Crippen LogP contribution in [0.25, 0.3) is 0 Å². The van der Waals surface area contributed by atoms with Crippen LogP contribution in [-0.2, 0) is 0 Å². The van der Waals surface area contributed by atoms with E-state index in [1.807, 2.05) is 0 Å². The van der Waals surface area contributed by atoms with Gasteiger partial charge >= 0.3 is 0 Å². The molecule has 2 N–H and O–H groups in total. The number of hydrogen-bond donors (Lipinski definition) is 1. The molecule has 0 saturated heterocycles. The van der Waals surface area contributed by atoms with E-state index in [4.69, 9.17) is 5.73 Å². The van der Waals surface area contributed by atoms with E-state index in [1.54, 1.807) is 0 Å². The van der Waals surface area contributed by atoms with Crippen LogP contribution in [0.4, 0.5) is 0 Å². The van der Waals surface area contributed by atoms with Gasteiger partial charge in [0.2, 0.25) is 0 Å². The topological polar surface area (TPSA) is 29.3 Å². The van der Waals surface area contributed by atoms with Crippen LogP contribution in [0, 0.1) is 5.92 Å². The van der Waals surface area contributed by atoms with Gasteiger partial charge < -0.3 is 10.6 Å². The number of rotatable bonds is 3. The largest absolute Gasteiger partial charge is 0.326 e. The summed E-state index contributed by atoms with van der Waals surface area (Å²) in [5.74, 6) is 0.815. The summed E-state index contributed by atoms with van der Waals surface area (Å²) in [6.07, 6.45) is 9.53. The molecule has 1 atom stereocenters. The van der Waals surface area contributed by atoms with Crippen LogP contribution in [0.3, 0.4) is 0 Å². The van der Waals surface area contributed by atoms with Crippen molar-refractivity contribution >= 4 is 0 Å². The first-order valence-electron chi connectivity index (χ1n) is 6.10. The summed E-state index contributed by atoms with van der Waals surface area (Å²) in [5.41, 5.74) is 6.82. The van der Waals surface area contributed by atoms with E-state index >= 15 is 0 Å². The van der Waals surface area contributed by atoms with Crippen molar-refractivity contribution < 1.29 is 0 Å². The van der Waals surface area contributed by atoms with Crippen LogP contribution in [0.15, 0.2) is 0 Å². The second-order valence-corrected chi connectivity index (χ2v) is 5.42. The van der Waals surface area contributed by atoms with Crippen LogP contribution < -0.4 is 5.73 Å². The third-order valence-electron chi connectivity index (χ3n) is 4.64. The van der Waals surface area contributed by atoms with Gasteiger partial charge in [-0.05, 0) is 45.7 Å². The Balaban J connectivity index is 2.08. The Morgan fingerprint density at radius 3 is 2.07 bits per heavy atom. The second-order valence-electron chi connectivity index (χ2n) is 5.42. The monoisotopic (exact) mass is 196 g/mol. The van der Waals surface area contributed by atoms with Crippen LogP contribution in [0.2, 0.25) is 0 Å². The van der Waals surface area contributed by atoms with Crippen molar-refractivity contribution in [1.29, 1.82) is 0 Å². The van der Waals surface area contributed by atoms with Crippen molar-refractivity contribution in [3.63, 3.8) is 0 Å². The van der Waals surface area contributed by atoms with Crippen molar-refractivity contribution in [2.45, 2.75) is 56.5 Å². The van der Waals surface area contributed by atoms with Crippen molar-refractivity contribution in [3.8, 4) is 0 Å². The fourth-order valence-electron chi connectivity index (χ4n) is 3.30. The zero-order chi connectivity index (χ0) is 10.2. The Morgan fingerprint density at radius 1 is 1.14 bits per heavy atom. The van der Waals surface area contributed by atoms with Gasteiger partial charge in [0.15, 0.2) is 0 Å². The molecule has 0 radical (unpaired) electrons. The number of hydrogen-bond acceptors (Lipinski definition) is 2. The Bertz CT molecular complexity index is 190. The van der Waals surface area contributed by atoms with Crippen LogP contribution in [0.1, 0.15) is 44.9 Å². The number of nitrogens with two attached hydrogens (primary N) is 1. The van der Waals surface area contributed by atoms with Crippen molar-refractivity contribution in [2.24, 2.45) is 11.7 Å². The van der Waals surface area contributed by atoms with Crippen molar-refractivity contribution in [3.05, 3.63) is 0 Å². The second kappa shape index (κ2) is 3.82. The van der Waals surface area contributed by atoms with E-state index < -0.39 is 0 Å². The van der Waals surface area contributed by atoms with E-state index in [0.29, 0.717) is 11.6 Å². The predicted molar refractivity (Wildman–Crippen MR) is 60.2 cm³/mol. The molecule has 1 unspecified atom stereocenters. The van der Waals surface area contributed by atoms with Gasteiger partial charge in [0.1, 0.15) is 0 Å². The molecule has 0 spiro atoms. The van der Waals surface area contributed by atoms with Gasteiger partial charge in [-0.25, -0.2) is 0 Å². The molecule has 0 aromatic heterocycles. The van der Waals surface area contributed by atoms with Gasteiger partial charge in [-0.3, -0.25) is 0 Å². The van der Waals surface area contributed by atoms with E-state index in [1.165, 1.54) is 44.9 Å². The zero-order valence-corrected chi connectivity index (χ0v) is 9.63. The first kappa shape index (κ1) is 10.4. The summed E-state index contributed by atoms with van der Waals surface area (Å²) in [5, 5.41) is 0. The normalized spacial score (nSPS) is 29.1. The highest BCUT2D eigenvalue weighted by molar-refractivity contribution is 5.04. The first-order valence-corrected chi connectivity index (χ1v) is 6.10. The highest BCUT2D eigenvalue weighted by Crippen LogP contribution is 2.42. The number of nitrogens with zero attached hydrogens (tertiary/aromatic N) is 1. The molecule has 2 aliphatic carbocycles. The summed E-state index contributed by atoms with van der Waals surface area (Å²) in [6.45, 7) is 0. The molecule has 2 nitrogen and oxygen atoms in total.